The lowest BCUT2D eigenvalue weighted by atomic mass is 9.97. The number of phosphoric ester groups is 2. The minimum atomic E-state index is -5.24. The third-order valence-corrected chi connectivity index (χ3v) is 10.8. The predicted molar refractivity (Wildman–Crippen MR) is 217 cm³/mol. The van der Waals surface area contributed by atoms with E-state index in [1.807, 2.05) is 0 Å². The molecular formula is C35H63N7O18P2. The van der Waals surface area contributed by atoms with Crippen molar-refractivity contribution in [1.82, 2.24) is 30.4 Å². The number of aliphatic hydroxyl groups is 1. The fraction of sp³-hybridized carbons (Fsp3) is 0.800. The number of aryl methyl sites for hydroxylation is 1. The van der Waals surface area contributed by atoms with Crippen molar-refractivity contribution in [3.8, 4) is 0 Å². The predicted octanol–water partition coefficient (Wildman–Crippen LogP) is -1.94. The lowest BCUT2D eigenvalue weighted by Gasteiger charge is -2.38. The lowest BCUT2D eigenvalue weighted by molar-refractivity contribution is -0.124. The average Bonchev–Trinajstić information content (AvgIpc) is 3.48. The molecule has 356 valence electrons. The summed E-state index contributed by atoms with van der Waals surface area (Å²) in [5.74, 6) is -0.665. The first-order valence-electron chi connectivity index (χ1n) is 20.4. The number of likely N-dealkylation sites (tertiary alicyclic amines) is 1. The molecule has 27 heteroatoms. The summed E-state index contributed by atoms with van der Waals surface area (Å²) in [5.41, 5.74) is 5.20. The summed E-state index contributed by atoms with van der Waals surface area (Å²) in [5, 5.41) is 19.0. The highest BCUT2D eigenvalue weighted by molar-refractivity contribution is 7.46. The first-order valence-corrected chi connectivity index (χ1v) is 23.4. The van der Waals surface area contributed by atoms with E-state index in [1.54, 1.807) is 0 Å². The van der Waals surface area contributed by atoms with Crippen molar-refractivity contribution in [3.63, 3.8) is 0 Å². The van der Waals surface area contributed by atoms with Gasteiger partial charge in [0.2, 0.25) is 17.7 Å². The molecule has 2 fully saturated rings. The number of rotatable bonds is 30. The van der Waals surface area contributed by atoms with Crippen LogP contribution in [-0.4, -0.2) is 173 Å². The Balaban J connectivity index is 1.17. The highest BCUT2D eigenvalue weighted by atomic mass is 31.2. The number of hydrogen-bond acceptors (Lipinski definition) is 17. The maximum atomic E-state index is 12.6. The molecule has 3 heterocycles. The average molecular weight is 932 g/mol. The summed E-state index contributed by atoms with van der Waals surface area (Å²) in [7, 11) is -10.3. The van der Waals surface area contributed by atoms with Crippen LogP contribution < -0.4 is 27.4 Å². The van der Waals surface area contributed by atoms with Crippen LogP contribution in [0.3, 0.4) is 0 Å². The zero-order valence-corrected chi connectivity index (χ0v) is 36.8. The number of ether oxygens (including phenoxy) is 5. The fourth-order valence-electron chi connectivity index (χ4n) is 6.64. The van der Waals surface area contributed by atoms with Crippen LogP contribution in [0.1, 0.15) is 64.2 Å². The SMILES string of the molecule is CC1CCCC(C)N1CC(=O)NCCC(=O)NCCOCCOCCOCCOCCC(=O)NCCCc1cn([C@@H]2O[C@H](COP(=O)(O)O)[C@H](OP(=O)(O)O)[C@@H]2O)c(=O)nc1N. The maximum Gasteiger partial charge on any atom is 0.470 e. The minimum absolute atomic E-state index is 0.0697. The molecule has 0 aromatic carbocycles. The Morgan fingerprint density at radius 1 is 0.823 bits per heavy atom. The second kappa shape index (κ2) is 27.4. The van der Waals surface area contributed by atoms with Crippen molar-refractivity contribution in [2.75, 3.05) is 91.4 Å². The molecule has 25 nitrogen and oxygen atoms in total. The maximum absolute atomic E-state index is 12.6. The normalized spacial score (nSPS) is 22.1. The Bertz CT molecular complexity index is 1690. The molecule has 2 aliphatic heterocycles. The van der Waals surface area contributed by atoms with Gasteiger partial charge in [-0.2, -0.15) is 4.98 Å². The van der Waals surface area contributed by atoms with Crippen LogP contribution in [0.2, 0.25) is 0 Å². The molecule has 3 rings (SSSR count). The summed E-state index contributed by atoms with van der Waals surface area (Å²) in [6.45, 7) is 6.92. The number of amides is 3. The number of hydrogen-bond donors (Lipinski definition) is 9. The third-order valence-electron chi connectivity index (χ3n) is 9.79. The van der Waals surface area contributed by atoms with Crippen molar-refractivity contribution in [2.24, 2.45) is 0 Å². The second-order valence-electron chi connectivity index (χ2n) is 14.6. The standard InChI is InChI=1S/C35H63N7O18P2/c1-24-5-3-6-25(2)41(24)22-30(45)38-11-8-28(43)39-12-14-55-16-18-57-20-19-56-17-15-54-13-9-29(44)37-10-4-7-26-21-42(35(47)40-33(26)36)34-31(46)32(60-62(51,52)53)27(59-34)23-58-61(48,49)50/h21,24-25,27,31-32,34,46H,3-20,22-23H2,1-2H3,(H,37,44)(H,38,45)(H,39,43)(H2,36,40,47)(H2,48,49,50)(H2,51,52,53)/t24?,25?,27-,31+,32+,34-/m1/s1. The third kappa shape index (κ3) is 20.7. The van der Waals surface area contributed by atoms with Gasteiger partial charge in [0, 0.05) is 56.3 Å². The molecule has 2 unspecified atom stereocenters. The highest BCUT2D eigenvalue weighted by Gasteiger charge is 2.49. The van der Waals surface area contributed by atoms with Crippen molar-refractivity contribution in [1.29, 1.82) is 0 Å². The highest BCUT2D eigenvalue weighted by Crippen LogP contribution is 2.45. The molecule has 0 saturated carbocycles. The van der Waals surface area contributed by atoms with Gasteiger partial charge >= 0.3 is 21.3 Å². The molecular weight excluding hydrogens is 868 g/mol. The van der Waals surface area contributed by atoms with Gasteiger partial charge in [0.1, 0.15) is 24.1 Å². The van der Waals surface area contributed by atoms with E-state index in [4.69, 9.17) is 39.2 Å². The number of nitrogens with two attached hydrogens (primary N) is 1. The van der Waals surface area contributed by atoms with Gasteiger partial charge in [0.05, 0.1) is 66.0 Å². The van der Waals surface area contributed by atoms with E-state index in [1.165, 1.54) is 12.6 Å². The smallest absolute Gasteiger partial charge is 0.386 e. The molecule has 2 aliphatic rings. The number of aliphatic hydroxyl groups excluding tert-OH is 1. The molecule has 0 aliphatic carbocycles. The molecule has 0 spiro atoms. The molecule has 10 N–H and O–H groups in total. The number of nitrogens with one attached hydrogen (secondary N) is 3. The summed E-state index contributed by atoms with van der Waals surface area (Å²) < 4.78 is 59.6. The van der Waals surface area contributed by atoms with Crippen molar-refractivity contribution in [3.05, 3.63) is 22.2 Å². The zero-order chi connectivity index (χ0) is 45.7. The van der Waals surface area contributed by atoms with Crippen molar-refractivity contribution in [2.45, 2.75) is 95.4 Å². The summed E-state index contributed by atoms with van der Waals surface area (Å²) in [6, 6.07) is 0.758. The zero-order valence-electron chi connectivity index (χ0n) is 35.0. The van der Waals surface area contributed by atoms with Crippen molar-refractivity contribution < 1.29 is 80.9 Å². The molecule has 1 aromatic rings. The first-order chi connectivity index (χ1) is 29.3. The van der Waals surface area contributed by atoms with Gasteiger partial charge < -0.3 is 70.0 Å². The van der Waals surface area contributed by atoms with Gasteiger partial charge in [0.15, 0.2) is 6.23 Å². The number of anilines is 1. The molecule has 0 bridgehead atoms. The number of carbonyl (C=O) groups is 3. The number of phosphoric acid groups is 2. The quantitative estimate of drug-likeness (QED) is 0.0299. The summed E-state index contributed by atoms with van der Waals surface area (Å²) in [6.07, 6.45) is -1.65. The molecule has 2 saturated heterocycles. The van der Waals surface area contributed by atoms with Crippen LogP contribution in [0.4, 0.5) is 5.82 Å². The Labute approximate surface area is 359 Å². The lowest BCUT2D eigenvalue weighted by Crippen LogP contribution is -2.49. The van der Waals surface area contributed by atoms with Gasteiger partial charge in [-0.25, -0.2) is 13.9 Å². The fourth-order valence-corrected chi connectivity index (χ4v) is 7.55. The molecule has 3 amide bonds. The van der Waals surface area contributed by atoms with Crippen LogP contribution in [-0.2, 0) is 62.7 Å². The molecule has 6 atom stereocenters. The minimum Gasteiger partial charge on any atom is -0.386 e. The van der Waals surface area contributed by atoms with Gasteiger partial charge in [0.25, 0.3) is 0 Å². The van der Waals surface area contributed by atoms with E-state index in [0.717, 1.165) is 17.4 Å². The number of piperidine rings is 1. The molecule has 0 radical (unpaired) electrons. The van der Waals surface area contributed by atoms with E-state index >= 15 is 0 Å². The Hall–Kier alpha value is -2.97. The van der Waals surface area contributed by atoms with Crippen molar-refractivity contribution >= 4 is 39.2 Å². The summed E-state index contributed by atoms with van der Waals surface area (Å²) in [4.78, 5) is 91.7. The van der Waals surface area contributed by atoms with E-state index in [0.29, 0.717) is 76.8 Å². The van der Waals surface area contributed by atoms with Gasteiger partial charge in [-0.3, -0.25) is 32.9 Å². The summed E-state index contributed by atoms with van der Waals surface area (Å²) >= 11 is 0. The largest absolute Gasteiger partial charge is 0.470 e. The molecule has 1 aromatic heterocycles. The van der Waals surface area contributed by atoms with E-state index in [2.05, 4.69) is 48.7 Å². The van der Waals surface area contributed by atoms with E-state index in [-0.39, 0.29) is 69.1 Å². The Morgan fingerprint density at radius 3 is 2.00 bits per heavy atom. The van der Waals surface area contributed by atoms with Gasteiger partial charge in [-0.15, -0.1) is 0 Å². The van der Waals surface area contributed by atoms with Gasteiger partial charge in [-0.1, -0.05) is 6.42 Å². The monoisotopic (exact) mass is 931 g/mol. The van der Waals surface area contributed by atoms with Crippen LogP contribution in [0.25, 0.3) is 0 Å². The number of aromatic nitrogens is 2. The topological polar surface area (TPSA) is 351 Å². The van der Waals surface area contributed by atoms with Crippen LogP contribution >= 0.6 is 15.6 Å². The number of nitrogen functional groups attached to an aromatic ring is 1. The van der Waals surface area contributed by atoms with Crippen LogP contribution in [0, 0.1) is 0 Å². The Morgan fingerprint density at radius 2 is 1.39 bits per heavy atom. The van der Waals surface area contributed by atoms with Gasteiger partial charge in [-0.05, 0) is 39.5 Å². The van der Waals surface area contributed by atoms with E-state index in [9.17, 15) is 43.2 Å². The van der Waals surface area contributed by atoms with Crippen LogP contribution in [0.5, 0.6) is 0 Å². The second-order valence-corrected chi connectivity index (χ2v) is 17.1. The van der Waals surface area contributed by atoms with Crippen LogP contribution in [0.15, 0.2) is 11.0 Å². The molecule has 62 heavy (non-hydrogen) atoms. The van der Waals surface area contributed by atoms with E-state index < -0.39 is 52.5 Å². The number of nitrogens with zero attached hydrogens (tertiary/aromatic N) is 3. The number of carbonyl (C=O) groups excluding carboxylic acids is 3. The first kappa shape index (κ1) is 53.4. The Kier molecular flexibility index (Phi) is 23.6.